The topological polar surface area (TPSA) is 9.23 Å². The van der Waals surface area contributed by atoms with Gasteiger partial charge in [0, 0.05) is 22.6 Å². The first-order valence-corrected chi connectivity index (χ1v) is 7.96. The highest BCUT2D eigenvalue weighted by Crippen LogP contribution is 2.37. The molecule has 0 amide bonds. The monoisotopic (exact) mass is 316 g/mol. The Labute approximate surface area is 113 Å². The number of benzene rings is 1. The third-order valence-corrected chi connectivity index (χ3v) is 6.21. The number of alkyl halides is 1. The molecule has 0 spiro atoms. The van der Waals surface area contributed by atoms with Gasteiger partial charge in [0.2, 0.25) is 0 Å². The second-order valence-corrected chi connectivity index (χ2v) is 7.00. The Morgan fingerprint density at radius 1 is 1.41 bits per heavy atom. The van der Waals surface area contributed by atoms with Crippen LogP contribution in [0.4, 0.5) is 4.39 Å². The van der Waals surface area contributed by atoms with Gasteiger partial charge in [-0.05, 0) is 36.3 Å². The molecule has 92 valence electrons. The van der Waals surface area contributed by atoms with Crippen molar-refractivity contribution in [1.29, 1.82) is 0 Å². The Kier molecular flexibility index (Phi) is 3.35. The Balaban J connectivity index is 1.66. The molecule has 3 rings (SSSR count). The number of rotatable bonds is 2. The van der Waals surface area contributed by atoms with Gasteiger partial charge in [-0.2, -0.15) is 11.8 Å². The Hall–Kier alpha value is -0.220. The van der Waals surface area contributed by atoms with E-state index >= 15 is 0 Å². The summed E-state index contributed by atoms with van der Waals surface area (Å²) in [4.78, 5) is 0.608. The molecule has 3 atom stereocenters. The van der Waals surface area contributed by atoms with Gasteiger partial charge in [0.25, 0.3) is 0 Å². The van der Waals surface area contributed by atoms with Crippen molar-refractivity contribution in [3.8, 4) is 5.75 Å². The van der Waals surface area contributed by atoms with Gasteiger partial charge in [0.05, 0.1) is 0 Å². The van der Waals surface area contributed by atoms with Crippen molar-refractivity contribution in [1.82, 2.24) is 0 Å². The molecule has 1 fully saturated rings. The molecule has 0 N–H and O–H groups in total. The lowest BCUT2D eigenvalue weighted by Crippen LogP contribution is -2.22. The molecule has 4 heteroatoms. The van der Waals surface area contributed by atoms with Gasteiger partial charge in [-0.3, -0.25) is 0 Å². The van der Waals surface area contributed by atoms with Gasteiger partial charge >= 0.3 is 0 Å². The zero-order valence-electron chi connectivity index (χ0n) is 9.36. The molecule has 3 unspecified atom stereocenters. The van der Waals surface area contributed by atoms with E-state index in [4.69, 9.17) is 4.74 Å². The maximum absolute atomic E-state index is 13.1. The number of hydrogen-bond donors (Lipinski definition) is 0. The van der Waals surface area contributed by atoms with E-state index in [0.717, 1.165) is 24.2 Å². The van der Waals surface area contributed by atoms with Crippen molar-refractivity contribution in [2.75, 3.05) is 11.5 Å². The fourth-order valence-corrected chi connectivity index (χ4v) is 5.06. The molecule has 0 saturated carbocycles. The summed E-state index contributed by atoms with van der Waals surface area (Å²) >= 11 is 5.72. The predicted octanol–water partition coefficient (Wildman–Crippen LogP) is 3.65. The Morgan fingerprint density at radius 3 is 3.06 bits per heavy atom. The van der Waals surface area contributed by atoms with E-state index in [1.807, 2.05) is 11.8 Å². The lowest BCUT2D eigenvalue weighted by molar-refractivity contribution is 0.201. The van der Waals surface area contributed by atoms with Crippen molar-refractivity contribution in [2.24, 2.45) is 5.92 Å². The first kappa shape index (κ1) is 11.8. The lowest BCUT2D eigenvalue weighted by atomic mass is 9.98. The number of ether oxygens (including phenoxy) is 1. The molecule has 0 bridgehead atoms. The number of hydrogen-bond acceptors (Lipinski definition) is 2. The minimum absolute atomic E-state index is 0.164. The van der Waals surface area contributed by atoms with E-state index in [1.54, 1.807) is 12.1 Å². The van der Waals surface area contributed by atoms with Crippen molar-refractivity contribution in [3.05, 3.63) is 29.6 Å². The minimum Gasteiger partial charge on any atom is -0.490 e. The van der Waals surface area contributed by atoms with Crippen LogP contribution in [0, 0.1) is 11.7 Å². The van der Waals surface area contributed by atoms with Crippen LogP contribution < -0.4 is 4.74 Å². The van der Waals surface area contributed by atoms with Crippen LogP contribution in [0.1, 0.15) is 12.0 Å². The molecule has 0 aromatic heterocycles. The lowest BCUT2D eigenvalue weighted by Gasteiger charge is -2.17. The van der Waals surface area contributed by atoms with E-state index in [0.29, 0.717) is 10.7 Å². The van der Waals surface area contributed by atoms with Gasteiger partial charge in [0.15, 0.2) is 0 Å². The summed E-state index contributed by atoms with van der Waals surface area (Å²) < 4.78 is 19.0. The molecule has 2 aliphatic heterocycles. The molecular formula is C13H14BrFOS. The molecule has 1 aromatic carbocycles. The summed E-state index contributed by atoms with van der Waals surface area (Å²) in [6.45, 7) is 0. The number of halogens is 2. The van der Waals surface area contributed by atoms with Crippen molar-refractivity contribution in [3.63, 3.8) is 0 Å². The first-order valence-electron chi connectivity index (χ1n) is 5.89. The van der Waals surface area contributed by atoms with Crippen LogP contribution in [-0.4, -0.2) is 22.4 Å². The fraction of sp³-hybridized carbons (Fsp3) is 0.538. The average molecular weight is 317 g/mol. The van der Waals surface area contributed by atoms with Crippen LogP contribution in [0.2, 0.25) is 0 Å². The second-order valence-electron chi connectivity index (χ2n) is 4.75. The molecular weight excluding hydrogens is 303 g/mol. The van der Waals surface area contributed by atoms with Crippen LogP contribution in [0.15, 0.2) is 18.2 Å². The second kappa shape index (κ2) is 4.81. The Morgan fingerprint density at radius 2 is 2.29 bits per heavy atom. The largest absolute Gasteiger partial charge is 0.490 e. The van der Waals surface area contributed by atoms with E-state index in [9.17, 15) is 4.39 Å². The summed E-state index contributed by atoms with van der Waals surface area (Å²) in [5.41, 5.74) is 1.02. The van der Waals surface area contributed by atoms with Crippen LogP contribution in [0.3, 0.4) is 0 Å². The highest BCUT2D eigenvalue weighted by atomic mass is 79.9. The summed E-state index contributed by atoms with van der Waals surface area (Å²) in [5.74, 6) is 3.79. The normalized spacial score (nSPS) is 31.3. The maximum Gasteiger partial charge on any atom is 0.123 e. The SMILES string of the molecule is Fc1ccc2c(c1)CC(CC1CSCC1Br)O2. The van der Waals surface area contributed by atoms with Gasteiger partial charge in [0.1, 0.15) is 17.7 Å². The van der Waals surface area contributed by atoms with E-state index in [1.165, 1.54) is 17.6 Å². The molecule has 2 heterocycles. The molecule has 2 aliphatic rings. The van der Waals surface area contributed by atoms with Gasteiger partial charge < -0.3 is 4.74 Å². The van der Waals surface area contributed by atoms with E-state index in [2.05, 4.69) is 15.9 Å². The van der Waals surface area contributed by atoms with Gasteiger partial charge in [-0.25, -0.2) is 4.39 Å². The number of thioether (sulfide) groups is 1. The summed E-state index contributed by atoms with van der Waals surface area (Å²) in [5, 5.41) is 0. The van der Waals surface area contributed by atoms with E-state index in [-0.39, 0.29) is 11.9 Å². The van der Waals surface area contributed by atoms with E-state index < -0.39 is 0 Å². The fourth-order valence-electron chi connectivity index (χ4n) is 2.55. The van der Waals surface area contributed by atoms with Gasteiger partial charge in [-0.1, -0.05) is 15.9 Å². The van der Waals surface area contributed by atoms with Gasteiger partial charge in [-0.15, -0.1) is 0 Å². The van der Waals surface area contributed by atoms with Crippen molar-refractivity contribution >= 4 is 27.7 Å². The third kappa shape index (κ3) is 2.48. The highest BCUT2D eigenvalue weighted by molar-refractivity contribution is 9.09. The van der Waals surface area contributed by atoms with Crippen molar-refractivity contribution < 1.29 is 9.13 Å². The minimum atomic E-state index is -0.164. The van der Waals surface area contributed by atoms with Crippen LogP contribution >= 0.6 is 27.7 Å². The third-order valence-electron chi connectivity index (χ3n) is 3.45. The maximum atomic E-state index is 13.1. The highest BCUT2D eigenvalue weighted by Gasteiger charge is 2.31. The molecule has 17 heavy (non-hydrogen) atoms. The van der Waals surface area contributed by atoms with Crippen LogP contribution in [-0.2, 0) is 6.42 Å². The average Bonchev–Trinajstić information content (AvgIpc) is 2.85. The first-order chi connectivity index (χ1) is 8.22. The quantitative estimate of drug-likeness (QED) is 0.770. The predicted molar refractivity (Wildman–Crippen MR) is 72.7 cm³/mol. The standard InChI is InChI=1S/C13H14BrFOS/c14-12-7-17-6-9(12)5-11-4-8-3-10(15)1-2-13(8)16-11/h1-3,9,11-12H,4-7H2. The zero-order valence-corrected chi connectivity index (χ0v) is 11.8. The Bertz CT molecular complexity index is 426. The summed E-state index contributed by atoms with van der Waals surface area (Å²) in [6.07, 6.45) is 2.16. The van der Waals surface area contributed by atoms with Crippen LogP contribution in [0.5, 0.6) is 5.75 Å². The molecule has 1 saturated heterocycles. The molecule has 0 aliphatic carbocycles. The summed E-state index contributed by atoms with van der Waals surface area (Å²) in [7, 11) is 0. The smallest absolute Gasteiger partial charge is 0.123 e. The zero-order chi connectivity index (χ0) is 11.8. The molecule has 0 radical (unpaired) electrons. The molecule has 1 aromatic rings. The number of fused-ring (bicyclic) bond motifs is 1. The van der Waals surface area contributed by atoms with Crippen molar-refractivity contribution in [2.45, 2.75) is 23.8 Å². The summed E-state index contributed by atoms with van der Waals surface area (Å²) in [6, 6.07) is 4.82. The molecule has 1 nitrogen and oxygen atoms in total. The van der Waals surface area contributed by atoms with Crippen LogP contribution in [0.25, 0.3) is 0 Å².